The molecule has 2 saturated heterocycles. The van der Waals surface area contributed by atoms with E-state index in [9.17, 15) is 9.59 Å². The maximum atomic E-state index is 12.9. The highest BCUT2D eigenvalue weighted by Crippen LogP contribution is 2.29. The Balaban J connectivity index is 1.37. The molecule has 0 atom stereocenters. The molecule has 0 radical (unpaired) electrons. The van der Waals surface area contributed by atoms with Gasteiger partial charge in [-0.05, 0) is 11.1 Å². The minimum absolute atomic E-state index is 0.140. The first-order valence-corrected chi connectivity index (χ1v) is 11.5. The summed E-state index contributed by atoms with van der Waals surface area (Å²) in [6.45, 7) is 6.78. The molecule has 170 valence electrons. The number of rotatable bonds is 5. The van der Waals surface area contributed by atoms with Crippen molar-refractivity contribution in [1.82, 2.24) is 19.6 Å². The summed E-state index contributed by atoms with van der Waals surface area (Å²) in [4.78, 5) is 33.8. The summed E-state index contributed by atoms with van der Waals surface area (Å²) < 4.78 is 0. The lowest BCUT2D eigenvalue weighted by molar-refractivity contribution is -0.154. The first kappa shape index (κ1) is 22.5. The molecule has 4 rings (SSSR count). The third-order valence-electron chi connectivity index (χ3n) is 6.49. The Labute approximate surface area is 190 Å². The normalized spacial score (nSPS) is 18.2. The number of benzene rings is 2. The average Bonchev–Trinajstić information content (AvgIpc) is 2.86. The Bertz CT molecular complexity index is 836. The smallest absolute Gasteiger partial charge is 0.312 e. The van der Waals surface area contributed by atoms with Gasteiger partial charge in [0.05, 0.1) is 6.04 Å². The number of hydrogen-bond donors (Lipinski definition) is 1. The lowest BCUT2D eigenvalue weighted by atomic mass is 9.96. The van der Waals surface area contributed by atoms with Crippen molar-refractivity contribution in [3.05, 3.63) is 71.8 Å². The predicted molar refractivity (Wildman–Crippen MR) is 125 cm³/mol. The fourth-order valence-corrected chi connectivity index (χ4v) is 4.70. The third kappa shape index (κ3) is 5.18. The fourth-order valence-electron chi connectivity index (χ4n) is 4.70. The highest BCUT2D eigenvalue weighted by molar-refractivity contribution is 6.34. The Morgan fingerprint density at radius 3 is 1.56 bits per heavy atom. The molecular weight excluding hydrogens is 402 g/mol. The van der Waals surface area contributed by atoms with E-state index >= 15 is 0 Å². The van der Waals surface area contributed by atoms with Crippen LogP contribution in [0.5, 0.6) is 0 Å². The topological polar surface area (TPSA) is 73.1 Å². The monoisotopic (exact) mass is 435 g/mol. The molecule has 2 N–H and O–H groups in total. The molecule has 2 fully saturated rings. The number of piperazine rings is 2. The summed E-state index contributed by atoms with van der Waals surface area (Å²) in [6.07, 6.45) is 0. The van der Waals surface area contributed by atoms with E-state index in [2.05, 4.69) is 58.3 Å². The molecule has 0 unspecified atom stereocenters. The van der Waals surface area contributed by atoms with Gasteiger partial charge in [-0.3, -0.25) is 19.4 Å². The molecule has 0 bridgehead atoms. The largest absolute Gasteiger partial charge is 0.332 e. The van der Waals surface area contributed by atoms with Crippen LogP contribution in [0.4, 0.5) is 0 Å². The Morgan fingerprint density at radius 2 is 1.12 bits per heavy atom. The lowest BCUT2D eigenvalue weighted by Crippen LogP contribution is -2.57. The van der Waals surface area contributed by atoms with E-state index in [1.165, 1.54) is 11.1 Å². The molecule has 2 aliphatic rings. The summed E-state index contributed by atoms with van der Waals surface area (Å²) in [5, 5.41) is 0. The van der Waals surface area contributed by atoms with E-state index in [1.807, 2.05) is 12.1 Å². The quantitative estimate of drug-likeness (QED) is 0.710. The van der Waals surface area contributed by atoms with Crippen molar-refractivity contribution in [2.45, 2.75) is 6.04 Å². The number of amides is 2. The van der Waals surface area contributed by atoms with Crippen molar-refractivity contribution in [1.29, 1.82) is 0 Å². The van der Waals surface area contributed by atoms with Gasteiger partial charge in [0.25, 0.3) is 0 Å². The van der Waals surface area contributed by atoms with E-state index in [0.29, 0.717) is 32.7 Å². The molecule has 2 amide bonds. The molecule has 2 aromatic rings. The summed E-state index contributed by atoms with van der Waals surface area (Å²) in [5.74, 6) is -0.735. The van der Waals surface area contributed by atoms with Gasteiger partial charge in [-0.25, -0.2) is 0 Å². The lowest BCUT2D eigenvalue weighted by Gasteiger charge is -2.40. The number of nitrogens with two attached hydrogens (primary N) is 1. The van der Waals surface area contributed by atoms with Gasteiger partial charge in [0.1, 0.15) is 0 Å². The van der Waals surface area contributed by atoms with Crippen LogP contribution in [0.25, 0.3) is 0 Å². The predicted octanol–water partition coefficient (Wildman–Crippen LogP) is 1.02. The summed E-state index contributed by atoms with van der Waals surface area (Å²) in [7, 11) is 0. The van der Waals surface area contributed by atoms with Crippen molar-refractivity contribution < 1.29 is 9.59 Å². The summed E-state index contributed by atoms with van der Waals surface area (Å²) >= 11 is 0. The Hall–Kier alpha value is -2.74. The van der Waals surface area contributed by atoms with Crippen LogP contribution in [-0.4, -0.2) is 96.9 Å². The van der Waals surface area contributed by atoms with Crippen LogP contribution in [0.15, 0.2) is 60.7 Å². The minimum atomic E-state index is -0.368. The van der Waals surface area contributed by atoms with Gasteiger partial charge >= 0.3 is 11.8 Å². The van der Waals surface area contributed by atoms with Crippen molar-refractivity contribution in [2.75, 3.05) is 65.4 Å². The molecule has 0 spiro atoms. The van der Waals surface area contributed by atoms with Gasteiger partial charge in [0, 0.05) is 65.4 Å². The van der Waals surface area contributed by atoms with Crippen LogP contribution in [0.1, 0.15) is 17.2 Å². The number of hydrogen-bond acceptors (Lipinski definition) is 5. The molecule has 0 aromatic heterocycles. The van der Waals surface area contributed by atoms with Crippen LogP contribution in [0.3, 0.4) is 0 Å². The van der Waals surface area contributed by atoms with Crippen LogP contribution in [-0.2, 0) is 9.59 Å². The average molecular weight is 436 g/mol. The minimum Gasteiger partial charge on any atom is -0.332 e. The molecule has 2 heterocycles. The standard InChI is InChI=1S/C25H33N5O2/c26-11-12-27-13-15-29(16-14-27)24(31)25(32)30-19-17-28(18-20-30)23(21-7-3-1-4-8-21)22-9-5-2-6-10-22/h1-10,23H,11-20,26H2. The molecule has 0 saturated carbocycles. The molecule has 2 aromatic carbocycles. The second kappa shape index (κ2) is 10.7. The van der Waals surface area contributed by atoms with Crippen molar-refractivity contribution in [3.63, 3.8) is 0 Å². The van der Waals surface area contributed by atoms with Crippen LogP contribution < -0.4 is 5.73 Å². The van der Waals surface area contributed by atoms with E-state index in [-0.39, 0.29) is 17.9 Å². The molecule has 7 nitrogen and oxygen atoms in total. The van der Waals surface area contributed by atoms with Gasteiger partial charge in [0.15, 0.2) is 0 Å². The van der Waals surface area contributed by atoms with Gasteiger partial charge in [-0.15, -0.1) is 0 Å². The van der Waals surface area contributed by atoms with Gasteiger partial charge in [0.2, 0.25) is 0 Å². The first-order valence-electron chi connectivity index (χ1n) is 11.5. The van der Waals surface area contributed by atoms with Gasteiger partial charge in [-0.1, -0.05) is 60.7 Å². The maximum Gasteiger partial charge on any atom is 0.312 e. The molecular formula is C25H33N5O2. The van der Waals surface area contributed by atoms with Crippen molar-refractivity contribution in [2.24, 2.45) is 5.73 Å². The van der Waals surface area contributed by atoms with E-state index < -0.39 is 0 Å². The molecule has 0 aliphatic carbocycles. The molecule has 32 heavy (non-hydrogen) atoms. The van der Waals surface area contributed by atoms with E-state index in [1.54, 1.807) is 9.80 Å². The fraction of sp³-hybridized carbons (Fsp3) is 0.440. The second-order valence-corrected chi connectivity index (χ2v) is 8.47. The number of carbonyl (C=O) groups excluding carboxylic acids is 2. The van der Waals surface area contributed by atoms with Crippen LogP contribution >= 0.6 is 0 Å². The second-order valence-electron chi connectivity index (χ2n) is 8.47. The number of nitrogens with zero attached hydrogens (tertiary/aromatic N) is 4. The zero-order valence-corrected chi connectivity index (χ0v) is 18.6. The van der Waals surface area contributed by atoms with Gasteiger partial charge in [-0.2, -0.15) is 0 Å². The molecule has 2 aliphatic heterocycles. The van der Waals surface area contributed by atoms with Crippen LogP contribution in [0.2, 0.25) is 0 Å². The summed E-state index contributed by atoms with van der Waals surface area (Å²) in [6, 6.07) is 21.1. The van der Waals surface area contributed by atoms with E-state index in [0.717, 1.165) is 32.7 Å². The van der Waals surface area contributed by atoms with Crippen LogP contribution in [0, 0.1) is 0 Å². The highest BCUT2D eigenvalue weighted by atomic mass is 16.2. The zero-order valence-electron chi connectivity index (χ0n) is 18.6. The molecule has 7 heteroatoms. The highest BCUT2D eigenvalue weighted by Gasteiger charge is 2.33. The van der Waals surface area contributed by atoms with Crippen molar-refractivity contribution in [3.8, 4) is 0 Å². The summed E-state index contributed by atoms with van der Waals surface area (Å²) in [5.41, 5.74) is 8.10. The van der Waals surface area contributed by atoms with E-state index in [4.69, 9.17) is 5.73 Å². The van der Waals surface area contributed by atoms with Gasteiger partial charge < -0.3 is 15.5 Å². The Kier molecular flexibility index (Phi) is 7.52. The maximum absolute atomic E-state index is 12.9. The first-order chi connectivity index (χ1) is 15.7. The van der Waals surface area contributed by atoms with Crippen molar-refractivity contribution >= 4 is 11.8 Å². The third-order valence-corrected chi connectivity index (χ3v) is 6.49. The SMILES string of the molecule is NCCN1CCN(C(=O)C(=O)N2CCN(C(c3ccccc3)c3ccccc3)CC2)CC1. The Morgan fingerprint density at radius 1 is 0.688 bits per heavy atom. The zero-order chi connectivity index (χ0) is 22.3. The number of carbonyl (C=O) groups is 2.